The van der Waals surface area contributed by atoms with E-state index in [0.717, 1.165) is 12.1 Å². The summed E-state index contributed by atoms with van der Waals surface area (Å²) in [5.74, 6) is -1.22. The number of amides is 1. The summed E-state index contributed by atoms with van der Waals surface area (Å²) in [5, 5.41) is 15.3. The Morgan fingerprint density at radius 2 is 1.93 bits per heavy atom. The fourth-order valence-electron chi connectivity index (χ4n) is 3.57. The van der Waals surface area contributed by atoms with Crippen molar-refractivity contribution in [1.29, 1.82) is 0 Å². The average Bonchev–Trinajstić information content (AvgIpc) is 3.41. The number of aromatic nitrogens is 1. The lowest BCUT2D eigenvalue weighted by molar-refractivity contribution is -0.138. The molecule has 1 fully saturated rings. The number of nitrogens with zero attached hydrogens (tertiary/aromatic N) is 4. The smallest absolute Gasteiger partial charge is 0.328 e. The number of hydrogen-bond donors (Lipinski definition) is 1. The molecule has 2 atom stereocenters. The minimum absolute atomic E-state index is 0.0662. The van der Waals surface area contributed by atoms with Crippen LogP contribution >= 0.6 is 0 Å². The van der Waals surface area contributed by atoms with Gasteiger partial charge in [-0.15, -0.1) is 0 Å². The van der Waals surface area contributed by atoms with Crippen LogP contribution in [0.2, 0.25) is 0 Å². The average molecular weight is 394 g/mol. The van der Waals surface area contributed by atoms with Crippen LogP contribution in [0.3, 0.4) is 0 Å². The number of aliphatic carboxylic acids is 1. The normalized spacial score (nSPS) is 21.3. The van der Waals surface area contributed by atoms with E-state index in [1.54, 1.807) is 23.2 Å². The number of pyridine rings is 1. The zero-order chi connectivity index (χ0) is 20.2. The zero-order valence-corrected chi connectivity index (χ0v) is 15.8. The van der Waals surface area contributed by atoms with Gasteiger partial charge in [0, 0.05) is 25.7 Å². The van der Waals surface area contributed by atoms with Crippen LogP contribution in [-0.2, 0) is 20.9 Å². The summed E-state index contributed by atoms with van der Waals surface area (Å²) in [7, 11) is 0. The van der Waals surface area contributed by atoms with Crippen LogP contribution in [0.15, 0.2) is 59.8 Å². The van der Waals surface area contributed by atoms with E-state index in [9.17, 15) is 14.7 Å². The van der Waals surface area contributed by atoms with E-state index in [2.05, 4.69) is 10.1 Å². The first-order valence-corrected chi connectivity index (χ1v) is 9.57. The molecule has 8 heteroatoms. The highest BCUT2D eigenvalue weighted by molar-refractivity contribution is 6.40. The number of hydrazone groups is 1. The Kier molecular flexibility index (Phi) is 5.53. The minimum atomic E-state index is -1.00. The summed E-state index contributed by atoms with van der Waals surface area (Å²) in [6.07, 6.45) is 2.47. The topological polar surface area (TPSA) is 95.3 Å². The van der Waals surface area contributed by atoms with E-state index >= 15 is 0 Å². The van der Waals surface area contributed by atoms with E-state index in [0.29, 0.717) is 25.4 Å². The first kappa shape index (κ1) is 19.1. The van der Waals surface area contributed by atoms with E-state index in [-0.39, 0.29) is 24.1 Å². The predicted octanol–water partition coefficient (Wildman–Crippen LogP) is 1.92. The van der Waals surface area contributed by atoms with Crippen molar-refractivity contribution in [2.75, 3.05) is 18.1 Å². The summed E-state index contributed by atoms with van der Waals surface area (Å²) >= 11 is 0. The van der Waals surface area contributed by atoms with Crippen LogP contribution in [-0.4, -0.2) is 57.8 Å². The molecule has 2 aliphatic rings. The molecule has 0 saturated carbocycles. The standard InChI is InChI=1S/C21H22N4O4/c26-20(24-11-9-17(13-24)29-14-15-6-4-5-10-22-15)18-12-19(21(27)28)25(23-18)16-7-2-1-3-8-16/h1-8,10,17,19H,9,11-14H2,(H,27,28). The molecule has 2 aliphatic heterocycles. The molecule has 0 spiro atoms. The second-order valence-corrected chi connectivity index (χ2v) is 7.08. The first-order valence-electron chi connectivity index (χ1n) is 9.57. The SMILES string of the molecule is O=C(O)C1CC(C(=O)N2CCC(OCc3ccccn3)C2)=NN1c1ccccc1. The molecule has 0 bridgehead atoms. The van der Waals surface area contributed by atoms with E-state index < -0.39 is 12.0 Å². The first-order chi connectivity index (χ1) is 14.1. The van der Waals surface area contributed by atoms with Crippen LogP contribution in [0.5, 0.6) is 0 Å². The van der Waals surface area contributed by atoms with Gasteiger partial charge in [0.25, 0.3) is 5.91 Å². The van der Waals surface area contributed by atoms with Gasteiger partial charge in [0.05, 0.1) is 24.1 Å². The Balaban J connectivity index is 1.39. The van der Waals surface area contributed by atoms with Gasteiger partial charge >= 0.3 is 5.97 Å². The molecule has 1 aromatic carbocycles. The van der Waals surface area contributed by atoms with Crippen molar-refractivity contribution in [1.82, 2.24) is 9.88 Å². The highest BCUT2D eigenvalue weighted by atomic mass is 16.5. The molecule has 1 aromatic heterocycles. The molecular formula is C21H22N4O4. The number of carbonyl (C=O) groups is 2. The van der Waals surface area contributed by atoms with Gasteiger partial charge in [-0.3, -0.25) is 14.8 Å². The van der Waals surface area contributed by atoms with Gasteiger partial charge in [-0.05, 0) is 30.7 Å². The third-order valence-corrected chi connectivity index (χ3v) is 5.09. The van der Waals surface area contributed by atoms with Crippen molar-refractivity contribution in [2.45, 2.75) is 31.6 Å². The molecule has 1 amide bonds. The van der Waals surface area contributed by atoms with Crippen LogP contribution < -0.4 is 5.01 Å². The number of para-hydroxylation sites is 1. The fraction of sp³-hybridized carbons (Fsp3) is 0.333. The van der Waals surface area contributed by atoms with Crippen molar-refractivity contribution < 1.29 is 19.4 Å². The Labute approximate surface area is 168 Å². The molecular weight excluding hydrogens is 372 g/mol. The van der Waals surface area contributed by atoms with Crippen molar-refractivity contribution in [2.24, 2.45) is 5.10 Å². The molecule has 0 radical (unpaired) electrons. The fourth-order valence-corrected chi connectivity index (χ4v) is 3.57. The number of likely N-dealkylation sites (tertiary alicyclic amines) is 1. The van der Waals surface area contributed by atoms with Gasteiger partial charge in [0.1, 0.15) is 5.71 Å². The summed E-state index contributed by atoms with van der Waals surface area (Å²) in [6, 6.07) is 13.8. The largest absolute Gasteiger partial charge is 0.480 e. The predicted molar refractivity (Wildman–Crippen MR) is 106 cm³/mol. The number of carbonyl (C=O) groups excluding carboxylic acids is 1. The summed E-state index contributed by atoms with van der Waals surface area (Å²) in [5.41, 5.74) is 1.77. The molecule has 3 heterocycles. The van der Waals surface area contributed by atoms with Gasteiger partial charge in [-0.1, -0.05) is 24.3 Å². The molecule has 1 N–H and O–H groups in total. The Morgan fingerprint density at radius 3 is 2.66 bits per heavy atom. The number of rotatable bonds is 6. The molecule has 29 heavy (non-hydrogen) atoms. The summed E-state index contributed by atoms with van der Waals surface area (Å²) in [4.78, 5) is 30.5. The van der Waals surface area contributed by atoms with Gasteiger partial charge in [0.15, 0.2) is 6.04 Å². The Morgan fingerprint density at radius 1 is 1.14 bits per heavy atom. The van der Waals surface area contributed by atoms with Gasteiger partial charge in [-0.2, -0.15) is 5.10 Å². The Hall–Kier alpha value is -3.26. The third-order valence-electron chi connectivity index (χ3n) is 5.09. The lowest BCUT2D eigenvalue weighted by Gasteiger charge is -2.19. The van der Waals surface area contributed by atoms with Crippen molar-refractivity contribution >= 4 is 23.3 Å². The number of carboxylic acid groups (broad SMARTS) is 1. The van der Waals surface area contributed by atoms with Gasteiger partial charge < -0.3 is 14.7 Å². The zero-order valence-electron chi connectivity index (χ0n) is 15.8. The quantitative estimate of drug-likeness (QED) is 0.804. The highest BCUT2D eigenvalue weighted by Gasteiger charge is 2.39. The lowest BCUT2D eigenvalue weighted by Crippen LogP contribution is -2.37. The number of benzene rings is 1. The maximum Gasteiger partial charge on any atom is 0.328 e. The maximum atomic E-state index is 12.9. The number of hydrogen-bond acceptors (Lipinski definition) is 6. The van der Waals surface area contributed by atoms with E-state index in [4.69, 9.17) is 4.74 Å². The van der Waals surface area contributed by atoms with E-state index in [1.807, 2.05) is 36.4 Å². The maximum absolute atomic E-state index is 12.9. The van der Waals surface area contributed by atoms with Crippen LogP contribution in [0, 0.1) is 0 Å². The molecule has 8 nitrogen and oxygen atoms in total. The molecule has 2 unspecified atom stereocenters. The van der Waals surface area contributed by atoms with Crippen LogP contribution in [0.1, 0.15) is 18.5 Å². The monoisotopic (exact) mass is 394 g/mol. The van der Waals surface area contributed by atoms with Crippen LogP contribution in [0.25, 0.3) is 0 Å². The second-order valence-electron chi connectivity index (χ2n) is 7.08. The number of ether oxygens (including phenoxy) is 1. The molecule has 2 aromatic rings. The molecule has 150 valence electrons. The summed E-state index contributed by atoms with van der Waals surface area (Å²) in [6.45, 7) is 1.43. The van der Waals surface area contributed by atoms with Crippen molar-refractivity contribution in [3.63, 3.8) is 0 Å². The minimum Gasteiger partial charge on any atom is -0.480 e. The molecule has 4 rings (SSSR count). The lowest BCUT2D eigenvalue weighted by atomic mass is 10.1. The van der Waals surface area contributed by atoms with Crippen molar-refractivity contribution in [3.05, 3.63) is 60.4 Å². The van der Waals surface area contributed by atoms with Crippen molar-refractivity contribution in [3.8, 4) is 0 Å². The highest BCUT2D eigenvalue weighted by Crippen LogP contribution is 2.26. The Bertz CT molecular complexity index is 903. The van der Waals surface area contributed by atoms with E-state index in [1.165, 1.54) is 5.01 Å². The third kappa shape index (κ3) is 4.27. The molecule has 0 aliphatic carbocycles. The summed E-state index contributed by atoms with van der Waals surface area (Å²) < 4.78 is 5.88. The second kappa shape index (κ2) is 8.40. The van der Waals surface area contributed by atoms with Gasteiger partial charge in [0.2, 0.25) is 0 Å². The van der Waals surface area contributed by atoms with Crippen LogP contribution in [0.4, 0.5) is 5.69 Å². The molecule has 1 saturated heterocycles. The van der Waals surface area contributed by atoms with Gasteiger partial charge in [-0.25, -0.2) is 4.79 Å². The number of carboxylic acids is 1. The number of anilines is 1.